The molecule has 1 aliphatic heterocycles. The number of hydrogen-bond acceptors (Lipinski definition) is 2. The molecule has 0 aliphatic carbocycles. The Kier molecular flexibility index (Phi) is 1.97. The fourth-order valence-corrected chi connectivity index (χ4v) is 1.14. The zero-order valence-electron chi connectivity index (χ0n) is 5.18. The van der Waals surface area contributed by atoms with Gasteiger partial charge in [-0.05, 0) is 12.2 Å². The molecule has 1 heterocycles. The minimum Gasteiger partial charge on any atom is -0.362 e. The van der Waals surface area contributed by atoms with Gasteiger partial charge in [0.25, 0.3) is 0 Å². The Morgan fingerprint density at radius 1 is 1.56 bits per heavy atom. The van der Waals surface area contributed by atoms with Crippen molar-refractivity contribution in [3.63, 3.8) is 0 Å². The van der Waals surface area contributed by atoms with Crippen molar-refractivity contribution in [2.75, 3.05) is 13.6 Å². The fraction of sp³-hybridized carbons (Fsp3) is 0.600. The van der Waals surface area contributed by atoms with Crippen LogP contribution in [0.2, 0.25) is 0 Å². The van der Waals surface area contributed by atoms with Gasteiger partial charge in [0, 0.05) is 20.0 Å². The van der Waals surface area contributed by atoms with Gasteiger partial charge < -0.3 is 10.2 Å². The molecule has 2 nitrogen and oxygen atoms in total. The first-order valence-electron chi connectivity index (χ1n) is 2.76. The Hall–Kier alpha value is -0.220. The molecule has 50 valence electrons. The van der Waals surface area contributed by atoms with Crippen LogP contribution in [0.4, 0.5) is 0 Å². The SMILES string of the molecule is CN1C(=S)CCNC1=S. The Morgan fingerprint density at radius 3 is 2.67 bits per heavy atom. The maximum Gasteiger partial charge on any atom is 0.173 e. The highest BCUT2D eigenvalue weighted by molar-refractivity contribution is 7.81. The summed E-state index contributed by atoms with van der Waals surface area (Å²) < 4.78 is 0. The summed E-state index contributed by atoms with van der Waals surface area (Å²) >= 11 is 9.94. The number of rotatable bonds is 0. The third kappa shape index (κ3) is 1.37. The van der Waals surface area contributed by atoms with E-state index in [9.17, 15) is 0 Å². The molecule has 0 radical (unpaired) electrons. The van der Waals surface area contributed by atoms with Crippen LogP contribution in [0.15, 0.2) is 0 Å². The third-order valence-electron chi connectivity index (χ3n) is 1.29. The maximum atomic E-state index is 5.00. The van der Waals surface area contributed by atoms with Gasteiger partial charge in [-0.1, -0.05) is 12.2 Å². The van der Waals surface area contributed by atoms with Crippen LogP contribution in [0.25, 0.3) is 0 Å². The van der Waals surface area contributed by atoms with E-state index in [0.717, 1.165) is 23.1 Å². The van der Waals surface area contributed by atoms with Crippen molar-refractivity contribution in [3.05, 3.63) is 0 Å². The molecule has 0 bridgehead atoms. The molecule has 4 heteroatoms. The normalized spacial score (nSPS) is 19.9. The zero-order chi connectivity index (χ0) is 6.85. The van der Waals surface area contributed by atoms with Crippen LogP contribution in [0.1, 0.15) is 6.42 Å². The summed E-state index contributed by atoms with van der Waals surface area (Å²) in [5.41, 5.74) is 0. The largest absolute Gasteiger partial charge is 0.362 e. The lowest BCUT2D eigenvalue weighted by atomic mass is 10.3. The van der Waals surface area contributed by atoms with Crippen molar-refractivity contribution >= 4 is 34.5 Å². The minimum absolute atomic E-state index is 0.742. The molecule has 0 aromatic rings. The van der Waals surface area contributed by atoms with Gasteiger partial charge >= 0.3 is 0 Å². The van der Waals surface area contributed by atoms with E-state index >= 15 is 0 Å². The Labute approximate surface area is 65.2 Å². The van der Waals surface area contributed by atoms with Crippen LogP contribution in [-0.4, -0.2) is 28.6 Å². The summed E-state index contributed by atoms with van der Waals surface area (Å²) in [5.74, 6) is 0. The van der Waals surface area contributed by atoms with Crippen LogP contribution >= 0.6 is 24.4 Å². The Bertz CT molecular complexity index is 139. The highest BCUT2D eigenvalue weighted by Crippen LogP contribution is 1.99. The lowest BCUT2D eigenvalue weighted by Crippen LogP contribution is -2.46. The van der Waals surface area contributed by atoms with E-state index in [1.165, 1.54) is 0 Å². The minimum atomic E-state index is 0.742. The van der Waals surface area contributed by atoms with Gasteiger partial charge in [-0.3, -0.25) is 0 Å². The van der Waals surface area contributed by atoms with E-state index in [2.05, 4.69) is 5.32 Å². The molecule has 0 aromatic heterocycles. The first-order chi connectivity index (χ1) is 4.22. The van der Waals surface area contributed by atoms with E-state index in [1.807, 2.05) is 11.9 Å². The van der Waals surface area contributed by atoms with Crippen molar-refractivity contribution in [1.82, 2.24) is 10.2 Å². The standard InChI is InChI=1S/C5H8N2S2/c1-7-4(8)2-3-6-5(7)9/h2-3H2,1H3,(H,6,9). The van der Waals surface area contributed by atoms with Crippen LogP contribution in [-0.2, 0) is 0 Å². The van der Waals surface area contributed by atoms with Crippen molar-refractivity contribution < 1.29 is 0 Å². The van der Waals surface area contributed by atoms with Crippen molar-refractivity contribution in [1.29, 1.82) is 0 Å². The smallest absolute Gasteiger partial charge is 0.173 e. The molecule has 1 rings (SSSR count). The topological polar surface area (TPSA) is 15.3 Å². The first kappa shape index (κ1) is 6.89. The summed E-state index contributed by atoms with van der Waals surface area (Å²) in [6.45, 7) is 0.891. The highest BCUT2D eigenvalue weighted by atomic mass is 32.1. The molecule has 0 spiro atoms. The molecule has 1 aliphatic rings. The predicted molar refractivity (Wildman–Crippen MR) is 45.6 cm³/mol. The van der Waals surface area contributed by atoms with Crippen LogP contribution in [0.3, 0.4) is 0 Å². The number of nitrogens with zero attached hydrogens (tertiary/aromatic N) is 1. The second-order valence-corrected chi connectivity index (χ2v) is 2.79. The van der Waals surface area contributed by atoms with Gasteiger partial charge in [0.1, 0.15) is 0 Å². The molecule has 1 fully saturated rings. The van der Waals surface area contributed by atoms with E-state index in [1.54, 1.807) is 0 Å². The number of hydrogen-bond donors (Lipinski definition) is 1. The van der Waals surface area contributed by atoms with Crippen LogP contribution < -0.4 is 5.32 Å². The van der Waals surface area contributed by atoms with Gasteiger partial charge in [0.15, 0.2) is 5.11 Å². The summed E-state index contributed by atoms with van der Waals surface area (Å²) in [4.78, 5) is 2.76. The van der Waals surface area contributed by atoms with Crippen LogP contribution in [0.5, 0.6) is 0 Å². The molecular formula is C5H8N2S2. The van der Waals surface area contributed by atoms with Gasteiger partial charge in [-0.2, -0.15) is 0 Å². The monoisotopic (exact) mass is 160 g/mol. The van der Waals surface area contributed by atoms with Crippen molar-refractivity contribution in [2.24, 2.45) is 0 Å². The van der Waals surface area contributed by atoms with Gasteiger partial charge in [-0.15, -0.1) is 0 Å². The summed E-state index contributed by atoms with van der Waals surface area (Å²) in [6.07, 6.45) is 0.923. The maximum absolute atomic E-state index is 5.00. The second-order valence-electron chi connectivity index (χ2n) is 1.93. The van der Waals surface area contributed by atoms with Gasteiger partial charge in [0.05, 0.1) is 4.99 Å². The highest BCUT2D eigenvalue weighted by Gasteiger charge is 2.13. The molecule has 1 N–H and O–H groups in total. The molecule has 0 saturated carbocycles. The molecule has 0 amide bonds. The average Bonchev–Trinajstić information content (AvgIpc) is 1.83. The molecular weight excluding hydrogens is 152 g/mol. The second kappa shape index (κ2) is 2.58. The van der Waals surface area contributed by atoms with Gasteiger partial charge in [0.2, 0.25) is 0 Å². The van der Waals surface area contributed by atoms with Crippen LogP contribution in [0, 0.1) is 0 Å². The van der Waals surface area contributed by atoms with Gasteiger partial charge in [-0.25, -0.2) is 0 Å². The molecule has 0 unspecified atom stereocenters. The summed E-state index contributed by atoms with van der Waals surface area (Å²) in [5, 5.41) is 3.77. The van der Waals surface area contributed by atoms with E-state index in [0.29, 0.717) is 0 Å². The Balaban J connectivity index is 2.62. The predicted octanol–water partition coefficient (Wildman–Crippen LogP) is 0.524. The summed E-state index contributed by atoms with van der Waals surface area (Å²) in [6, 6.07) is 0. The quantitative estimate of drug-likeness (QED) is 0.520. The number of thiocarbonyl (C=S) groups is 2. The lowest BCUT2D eigenvalue weighted by molar-refractivity contribution is 0.661. The average molecular weight is 160 g/mol. The zero-order valence-corrected chi connectivity index (χ0v) is 6.81. The van der Waals surface area contributed by atoms with E-state index in [4.69, 9.17) is 24.4 Å². The Morgan fingerprint density at radius 2 is 2.22 bits per heavy atom. The lowest BCUT2D eigenvalue weighted by Gasteiger charge is -2.26. The van der Waals surface area contributed by atoms with E-state index < -0.39 is 0 Å². The van der Waals surface area contributed by atoms with Crippen molar-refractivity contribution in [2.45, 2.75) is 6.42 Å². The molecule has 1 saturated heterocycles. The third-order valence-corrected chi connectivity index (χ3v) is 2.19. The number of nitrogens with one attached hydrogen (secondary N) is 1. The molecule has 0 aromatic carbocycles. The molecule has 9 heavy (non-hydrogen) atoms. The van der Waals surface area contributed by atoms with Crippen molar-refractivity contribution in [3.8, 4) is 0 Å². The van der Waals surface area contributed by atoms with E-state index in [-0.39, 0.29) is 0 Å². The summed E-state index contributed by atoms with van der Waals surface area (Å²) in [7, 11) is 1.89. The molecule has 0 atom stereocenters. The fourth-order valence-electron chi connectivity index (χ4n) is 0.676. The first-order valence-corrected chi connectivity index (χ1v) is 3.58.